The number of halogens is 3. The molecule has 0 rings (SSSR count). The predicted octanol–water partition coefficient (Wildman–Crippen LogP) is -0.106. The van der Waals surface area contributed by atoms with Crippen molar-refractivity contribution in [2.45, 2.75) is 5.51 Å². The molecule has 0 atom stereocenters. The second-order valence-corrected chi connectivity index (χ2v) is 2.33. The molecule has 0 spiro atoms. The molecule has 10 heavy (non-hydrogen) atoms. The Morgan fingerprint density at radius 2 is 1.30 bits per heavy atom. The van der Waals surface area contributed by atoms with Crippen molar-refractivity contribution >= 4 is 32.6 Å². The molecule has 0 aromatic heterocycles. The van der Waals surface area contributed by atoms with Crippen LogP contribution < -0.4 is 0 Å². The summed E-state index contributed by atoms with van der Waals surface area (Å²) in [5, 5.41) is 0. The Hall–Kier alpha value is 0.299. The predicted molar refractivity (Wildman–Crippen MR) is 24.0 cm³/mol. The Kier molecular flexibility index (Phi) is 5.47. The summed E-state index contributed by atoms with van der Waals surface area (Å²) in [6.07, 6.45) is 0. The van der Waals surface area contributed by atoms with Crippen LogP contribution in [-0.4, -0.2) is 41.0 Å². The van der Waals surface area contributed by atoms with E-state index in [2.05, 4.69) is 0 Å². The van der Waals surface area contributed by atoms with Crippen LogP contribution in [0.15, 0.2) is 0 Å². The zero-order valence-electron chi connectivity index (χ0n) is 4.21. The van der Waals surface area contributed by atoms with Gasteiger partial charge in [0.25, 0.3) is 0 Å². The van der Waals surface area contributed by atoms with Gasteiger partial charge >= 0.3 is 41.2 Å². The molecule has 1 N–H and O–H groups in total. The van der Waals surface area contributed by atoms with Gasteiger partial charge in [-0.1, -0.05) is 0 Å². The third kappa shape index (κ3) is 5.11. The van der Waals surface area contributed by atoms with Gasteiger partial charge in [0.05, 0.1) is 0 Å². The van der Waals surface area contributed by atoms with Crippen molar-refractivity contribution in [2.24, 2.45) is 0 Å². The number of alkyl halides is 3. The molecule has 0 saturated heterocycles. The van der Waals surface area contributed by atoms with Crippen LogP contribution in [0.1, 0.15) is 0 Å². The van der Waals surface area contributed by atoms with Gasteiger partial charge in [-0.25, -0.2) is 0 Å². The van der Waals surface area contributed by atoms with Gasteiger partial charge in [0, 0.05) is 0 Å². The van der Waals surface area contributed by atoms with Crippen LogP contribution in [0.25, 0.3) is 0 Å². The zero-order chi connectivity index (χ0) is 9.00. The van der Waals surface area contributed by atoms with E-state index in [1.54, 1.807) is 0 Å². The average molecular weight is 285 g/mol. The van der Waals surface area contributed by atoms with E-state index in [4.69, 9.17) is 16.0 Å². The van der Waals surface area contributed by atoms with Gasteiger partial charge in [-0.3, -0.25) is 4.55 Å². The molecule has 9 heteroatoms. The van der Waals surface area contributed by atoms with Gasteiger partial charge in [0.2, 0.25) is 0 Å². The second kappa shape index (κ2) is 4.23. The third-order valence-corrected chi connectivity index (χ3v) is 0.877. The van der Waals surface area contributed by atoms with E-state index in [0.717, 1.165) is 0 Å². The first kappa shape index (κ1) is 12.9. The van der Waals surface area contributed by atoms with Crippen molar-refractivity contribution in [1.82, 2.24) is 0 Å². The van der Waals surface area contributed by atoms with Gasteiger partial charge < -0.3 is 0 Å². The van der Waals surface area contributed by atoms with Crippen LogP contribution in [-0.2, 0) is 13.2 Å². The first-order valence-electron chi connectivity index (χ1n) is 1.49. The quantitative estimate of drug-likeness (QED) is 0.383. The van der Waals surface area contributed by atoms with E-state index in [1.807, 2.05) is 0 Å². The minimum absolute atomic E-state index is 0.300. The summed E-state index contributed by atoms with van der Waals surface area (Å²) in [5.41, 5.74) is -5.53. The third-order valence-electron chi connectivity index (χ3n) is 0.292. The number of rotatable bonds is 0. The van der Waals surface area contributed by atoms with E-state index >= 15 is 0 Å². The van der Waals surface area contributed by atoms with Crippen LogP contribution in [0.4, 0.5) is 13.2 Å². The van der Waals surface area contributed by atoms with Crippen LogP contribution in [0.5, 0.6) is 0 Å². The van der Waals surface area contributed by atoms with Crippen LogP contribution in [0.3, 0.4) is 0 Å². The molecule has 0 aliphatic carbocycles. The summed E-state index contributed by atoms with van der Waals surface area (Å²) in [6.45, 7) is 0. The summed E-state index contributed by atoms with van der Waals surface area (Å²) in [6, 6.07) is 0. The van der Waals surface area contributed by atoms with E-state index < -0.39 is 15.6 Å². The first-order chi connectivity index (χ1) is 4.25. The molecular formula is CHF3O4SSn. The van der Waals surface area contributed by atoms with Crippen molar-refractivity contribution in [3.63, 3.8) is 0 Å². The first-order valence-corrected chi connectivity index (χ1v) is 4.10. The maximum absolute atomic E-state index is 10.7. The van der Waals surface area contributed by atoms with Crippen molar-refractivity contribution in [2.75, 3.05) is 0 Å². The maximum atomic E-state index is 10.7. The van der Waals surface area contributed by atoms with Gasteiger partial charge in [0.15, 0.2) is 0 Å². The molecule has 0 heterocycles. The summed E-state index contributed by atoms with van der Waals surface area (Å²) < 4.78 is 65.9. The molecule has 0 fully saturated rings. The SMILES string of the molecule is O=S(=O)(O)C(F)(F)F.[O]=[Sn]. The molecule has 0 aromatic carbocycles. The zero-order valence-corrected chi connectivity index (χ0v) is 7.88. The Morgan fingerprint density at radius 1 is 1.20 bits per heavy atom. The fourth-order valence-electron chi connectivity index (χ4n) is 0. The standard InChI is InChI=1S/CHF3O3S.O.Sn/c2-1(3,4)8(5,6)7;;/h(H,5,6,7);;. The minimum atomic E-state index is -5.84. The molecule has 0 aliphatic rings. The van der Waals surface area contributed by atoms with Crippen LogP contribution in [0.2, 0.25) is 0 Å². The van der Waals surface area contributed by atoms with Gasteiger partial charge in [-0.2, -0.15) is 21.6 Å². The molecule has 60 valence electrons. The Balaban J connectivity index is 0. The fourth-order valence-corrected chi connectivity index (χ4v) is 0. The molecule has 2 radical (unpaired) electrons. The Bertz CT molecular complexity index is 181. The molecular weight excluding hydrogens is 284 g/mol. The van der Waals surface area contributed by atoms with E-state index in [9.17, 15) is 13.2 Å². The Labute approximate surface area is 67.6 Å². The summed E-state index contributed by atoms with van der Waals surface area (Å²) in [4.78, 5) is 0. The van der Waals surface area contributed by atoms with E-state index in [-0.39, 0.29) is 0 Å². The summed E-state index contributed by atoms with van der Waals surface area (Å²) in [5.74, 6) is 0. The van der Waals surface area contributed by atoms with Crippen LogP contribution >= 0.6 is 0 Å². The molecule has 0 bridgehead atoms. The fraction of sp³-hybridized carbons (Fsp3) is 1.00. The van der Waals surface area contributed by atoms with E-state index in [1.165, 1.54) is 0 Å². The summed E-state index contributed by atoms with van der Waals surface area (Å²) >= 11 is 0.300. The normalized spacial score (nSPS) is 11.6. The van der Waals surface area contributed by atoms with Crippen molar-refractivity contribution in [1.29, 1.82) is 0 Å². The van der Waals surface area contributed by atoms with Crippen molar-refractivity contribution in [3.8, 4) is 0 Å². The molecule has 0 saturated carbocycles. The second-order valence-electron chi connectivity index (χ2n) is 0.921. The van der Waals surface area contributed by atoms with Crippen molar-refractivity contribution < 1.29 is 29.2 Å². The summed E-state index contributed by atoms with van der Waals surface area (Å²) in [7, 11) is -5.84. The molecule has 4 nitrogen and oxygen atoms in total. The van der Waals surface area contributed by atoms with Gasteiger partial charge in [-0.05, 0) is 0 Å². The number of hydrogen-bond acceptors (Lipinski definition) is 3. The van der Waals surface area contributed by atoms with E-state index in [0.29, 0.717) is 22.5 Å². The van der Waals surface area contributed by atoms with Gasteiger partial charge in [0.1, 0.15) is 0 Å². The number of hydrogen-bond donors (Lipinski definition) is 1. The van der Waals surface area contributed by atoms with Gasteiger partial charge in [-0.15, -0.1) is 0 Å². The Morgan fingerprint density at radius 3 is 1.30 bits per heavy atom. The molecule has 0 aliphatic heterocycles. The average Bonchev–Trinajstić information content (AvgIpc) is 1.66. The van der Waals surface area contributed by atoms with Crippen LogP contribution in [0, 0.1) is 0 Å². The molecule has 0 amide bonds. The monoisotopic (exact) mass is 286 g/mol. The van der Waals surface area contributed by atoms with Crippen molar-refractivity contribution in [3.05, 3.63) is 0 Å². The molecule has 0 unspecified atom stereocenters. The molecule has 0 aromatic rings. The topological polar surface area (TPSA) is 71.4 Å².